The molecule has 0 aromatic heterocycles. The van der Waals surface area contributed by atoms with Crippen molar-refractivity contribution in [1.82, 2.24) is 0 Å². The summed E-state index contributed by atoms with van der Waals surface area (Å²) in [6, 6.07) is 24.3. The first-order valence-electron chi connectivity index (χ1n) is 11.3. The number of halogens is 2. The van der Waals surface area contributed by atoms with E-state index >= 15 is 0 Å². The number of hydrogen-bond acceptors (Lipinski definition) is 0. The zero-order valence-electron chi connectivity index (χ0n) is 19.0. The van der Waals surface area contributed by atoms with Crippen LogP contribution in [0.5, 0.6) is 0 Å². The first-order chi connectivity index (χ1) is 14.2. The summed E-state index contributed by atoms with van der Waals surface area (Å²) in [5.41, 5.74) is 8.04. The molecule has 5 rings (SSSR count). The number of benzene rings is 3. The molecule has 0 saturated heterocycles. The molecule has 0 N–H and O–H groups in total. The Hall–Kier alpha value is -0.703. The van der Waals surface area contributed by atoms with Gasteiger partial charge in [0.1, 0.15) is 0 Å². The molecule has 3 aromatic carbocycles. The summed E-state index contributed by atoms with van der Waals surface area (Å²) in [5, 5.41) is -2.17. The van der Waals surface area contributed by atoms with Gasteiger partial charge in [-0.15, -0.1) is 0 Å². The van der Waals surface area contributed by atoms with E-state index in [0.29, 0.717) is 0 Å². The Kier molecular flexibility index (Phi) is 4.05. The molecule has 0 saturated carbocycles. The molecule has 0 nitrogen and oxygen atoms in total. The SMILES string of the molecule is C[Si](C)(C)[Zr]([CH3])([SiH3])([Cl])([Cl])([c]1cccc2c1Cc1ccccc1-2)[CH]1C=Cc2ccccc21. The van der Waals surface area contributed by atoms with Crippen LogP contribution in [0.25, 0.3) is 17.2 Å². The molecule has 2 aliphatic carbocycles. The Morgan fingerprint density at radius 1 is 0.871 bits per heavy atom. The van der Waals surface area contributed by atoms with Gasteiger partial charge in [0.05, 0.1) is 0 Å². The Morgan fingerprint density at radius 3 is 2.26 bits per heavy atom. The molecular weight excluding hydrogens is 531 g/mol. The number of hydrogen-bond donors (Lipinski definition) is 0. The van der Waals surface area contributed by atoms with Gasteiger partial charge >= 0.3 is 191 Å². The monoisotopic (exact) mass is 559 g/mol. The van der Waals surface area contributed by atoms with Crippen LogP contribution < -0.4 is 3.27 Å². The Morgan fingerprint density at radius 2 is 1.52 bits per heavy atom. The number of fused-ring (bicyclic) bond motifs is 4. The van der Waals surface area contributed by atoms with Crippen molar-refractivity contribution in [3.8, 4) is 11.1 Å². The average Bonchev–Trinajstić information content (AvgIpc) is 3.29. The minimum atomic E-state index is -5.63. The van der Waals surface area contributed by atoms with Gasteiger partial charge < -0.3 is 0 Å². The molecule has 0 spiro atoms. The first-order valence-corrected chi connectivity index (χ1v) is 38.3. The maximum atomic E-state index is 8.60. The fourth-order valence-corrected chi connectivity index (χ4v) is 45.4. The molecular formula is C26H31Cl2Si2Zr. The fourth-order valence-electron chi connectivity index (χ4n) is 6.29. The normalized spacial score (nSPS) is 20.8. The van der Waals surface area contributed by atoms with E-state index in [0.717, 1.165) is 13.8 Å². The van der Waals surface area contributed by atoms with Crippen molar-refractivity contribution in [3.63, 3.8) is 0 Å². The van der Waals surface area contributed by atoms with Gasteiger partial charge in [-0.1, -0.05) is 0 Å². The van der Waals surface area contributed by atoms with Crippen LogP contribution in [-0.2, 0) is 18.2 Å². The van der Waals surface area contributed by atoms with Crippen molar-refractivity contribution in [1.29, 1.82) is 0 Å². The second-order valence-electron chi connectivity index (χ2n) is 12.3. The molecule has 3 aromatic rings. The average molecular weight is 562 g/mol. The molecule has 5 heteroatoms. The van der Waals surface area contributed by atoms with E-state index in [9.17, 15) is 0 Å². The standard InChI is InChI=1S/C13H9.C9H7.C3H9Si.CH3.2ClH.H3Si.Zr/c1-3-7-12-10(5-1)9-11-6-2-4-8-13(11)12;1-2-5-9-7-3-6-8(9)4-1;1-4(2)3;;;;;/h1-5,7-8H,9H2;1-7H;1-3H3;1H3;2*1H;1H3;/q;;;;;;;+2/p-2. The van der Waals surface area contributed by atoms with Crippen molar-refractivity contribution < 1.29 is 11.7 Å². The zero-order valence-corrected chi connectivity index (χ0v) is 26.0. The molecule has 0 aliphatic heterocycles. The van der Waals surface area contributed by atoms with E-state index < -0.39 is 16.9 Å². The van der Waals surface area contributed by atoms with Crippen molar-refractivity contribution in [2.75, 3.05) is 0 Å². The van der Waals surface area contributed by atoms with Gasteiger partial charge in [-0.3, -0.25) is 0 Å². The molecule has 161 valence electrons. The van der Waals surface area contributed by atoms with E-state index in [1.54, 1.807) is 0 Å². The van der Waals surface area contributed by atoms with Crippen LogP contribution >= 0.6 is 17.0 Å². The van der Waals surface area contributed by atoms with Gasteiger partial charge in [0.15, 0.2) is 0 Å². The number of rotatable bonds is 3. The summed E-state index contributed by atoms with van der Waals surface area (Å²) in [6.45, 7) is 7.29. The van der Waals surface area contributed by atoms with Crippen LogP contribution in [0.3, 0.4) is 0 Å². The van der Waals surface area contributed by atoms with Crippen LogP contribution in [-0.4, -0.2) is 12.6 Å². The van der Waals surface area contributed by atoms with Gasteiger partial charge in [0.2, 0.25) is 0 Å². The van der Waals surface area contributed by atoms with Gasteiger partial charge in [0.25, 0.3) is 0 Å². The quantitative estimate of drug-likeness (QED) is 0.239. The summed E-state index contributed by atoms with van der Waals surface area (Å²) in [7, 11) is 18.0. The third-order valence-electron chi connectivity index (χ3n) is 9.73. The molecule has 2 aliphatic rings. The Labute approximate surface area is 189 Å². The molecule has 0 amide bonds. The van der Waals surface area contributed by atoms with Gasteiger partial charge in [0, 0.05) is 0 Å². The van der Waals surface area contributed by atoms with E-state index in [-0.39, 0.29) is 3.63 Å². The summed E-state index contributed by atoms with van der Waals surface area (Å²) < 4.78 is 3.78. The topological polar surface area (TPSA) is 0 Å². The molecule has 31 heavy (non-hydrogen) atoms. The molecule has 0 fully saturated rings. The summed E-state index contributed by atoms with van der Waals surface area (Å²) in [4.78, 5) is 0. The van der Waals surface area contributed by atoms with Crippen LogP contribution in [0, 0.1) is 0 Å². The fraction of sp³-hybridized carbons (Fsp3) is 0.231. The number of allylic oxidation sites excluding steroid dienone is 1. The summed E-state index contributed by atoms with van der Waals surface area (Å²) >= 11 is -5.63. The molecule has 1 unspecified atom stereocenters. The van der Waals surface area contributed by atoms with Crippen molar-refractivity contribution in [2.45, 2.75) is 34.3 Å². The predicted molar refractivity (Wildman–Crippen MR) is 143 cm³/mol. The van der Waals surface area contributed by atoms with Gasteiger partial charge in [-0.2, -0.15) is 0 Å². The summed E-state index contributed by atoms with van der Waals surface area (Å²) in [6.07, 6.45) is 5.55. The van der Waals surface area contributed by atoms with Crippen LogP contribution in [0.15, 0.2) is 72.8 Å². The van der Waals surface area contributed by atoms with E-state index in [4.69, 9.17) is 17.0 Å². The van der Waals surface area contributed by atoms with Crippen molar-refractivity contribution >= 4 is 38.9 Å². The Balaban J connectivity index is 1.93. The second-order valence-corrected chi connectivity index (χ2v) is 120. The van der Waals surface area contributed by atoms with E-state index in [2.05, 4.69) is 103 Å². The first kappa shape index (κ1) is 22.1. The van der Waals surface area contributed by atoms with Crippen LogP contribution in [0.1, 0.15) is 25.9 Å². The molecule has 0 bridgehead atoms. The third kappa shape index (κ3) is 2.46. The third-order valence-corrected chi connectivity index (χ3v) is 133. The van der Waals surface area contributed by atoms with Crippen LogP contribution in [0.4, 0.5) is 0 Å². The molecule has 1 atom stereocenters. The minimum absolute atomic E-state index is 0.0739. The van der Waals surface area contributed by atoms with Gasteiger partial charge in [-0.25, -0.2) is 0 Å². The second kappa shape index (κ2) is 5.67. The van der Waals surface area contributed by atoms with Crippen molar-refractivity contribution in [2.24, 2.45) is 0 Å². The van der Waals surface area contributed by atoms with Gasteiger partial charge in [-0.05, 0) is 0 Å². The van der Waals surface area contributed by atoms with Crippen LogP contribution in [0.2, 0.25) is 24.3 Å². The Bertz CT molecular complexity index is 1320. The van der Waals surface area contributed by atoms with E-state index in [1.165, 1.54) is 36.7 Å². The van der Waals surface area contributed by atoms with Crippen molar-refractivity contribution in [3.05, 3.63) is 95.1 Å². The van der Waals surface area contributed by atoms with E-state index in [1.807, 2.05) is 0 Å². The molecule has 0 heterocycles. The maximum absolute atomic E-state index is 8.60. The predicted octanol–water partition coefficient (Wildman–Crippen LogP) is 6.88. The zero-order chi connectivity index (χ0) is 22.4. The molecule has 0 radical (unpaired) electrons. The summed E-state index contributed by atoms with van der Waals surface area (Å²) in [5.74, 6) is 0.